The number of sulfonamides is 1. The van der Waals surface area contributed by atoms with Gasteiger partial charge in [-0.25, -0.2) is 8.42 Å². The van der Waals surface area contributed by atoms with Gasteiger partial charge in [-0.15, -0.1) is 0 Å². The second-order valence-electron chi connectivity index (χ2n) is 10.7. The minimum atomic E-state index is -4.63. The van der Waals surface area contributed by atoms with Gasteiger partial charge in [0.15, 0.2) is 0 Å². The number of hydrogen-bond acceptors (Lipinski definition) is 4. The number of anilines is 1. The summed E-state index contributed by atoms with van der Waals surface area (Å²) in [5.41, 5.74) is 0.788. The van der Waals surface area contributed by atoms with Gasteiger partial charge in [0.25, 0.3) is 0 Å². The molecular formula is C30H40F3N3O4S. The van der Waals surface area contributed by atoms with Gasteiger partial charge in [-0.2, -0.15) is 13.2 Å². The molecule has 1 N–H and O–H groups in total. The standard InChI is InChI=1S/C30H40F3N3O4S/c1-4-27(29(38)34-25-15-6-5-7-16-25)35(21-23-13-9-8-12-22(23)2)28(37)18-11-19-36(41(3,39)40)26-17-10-14-24(20-26)30(31,32)33/h8-10,12-14,17,20,25,27H,4-7,11,15-16,18-19,21H2,1-3H3,(H,34,38). The molecule has 0 heterocycles. The average molecular weight is 596 g/mol. The monoisotopic (exact) mass is 595 g/mol. The van der Waals surface area contributed by atoms with Crippen LogP contribution in [0.5, 0.6) is 0 Å². The maximum Gasteiger partial charge on any atom is 0.416 e. The highest BCUT2D eigenvalue weighted by Gasteiger charge is 2.33. The summed E-state index contributed by atoms with van der Waals surface area (Å²) in [6.07, 6.45) is 1.74. The van der Waals surface area contributed by atoms with E-state index in [-0.39, 0.29) is 49.5 Å². The van der Waals surface area contributed by atoms with Crippen LogP contribution in [0.25, 0.3) is 0 Å². The number of aryl methyl sites for hydroxylation is 1. The molecule has 1 aliphatic rings. The maximum absolute atomic E-state index is 13.6. The first kappa shape index (κ1) is 32.4. The molecule has 0 aliphatic heterocycles. The Morgan fingerprint density at radius 2 is 1.73 bits per heavy atom. The van der Waals surface area contributed by atoms with E-state index in [1.54, 1.807) is 4.90 Å². The van der Waals surface area contributed by atoms with E-state index in [9.17, 15) is 31.2 Å². The Kier molecular flexibility index (Phi) is 11.2. The quantitative estimate of drug-likeness (QED) is 0.335. The van der Waals surface area contributed by atoms with Crippen LogP contribution in [0.1, 0.15) is 75.0 Å². The van der Waals surface area contributed by atoms with E-state index in [1.807, 2.05) is 38.1 Å². The molecule has 0 bridgehead atoms. The van der Waals surface area contributed by atoms with Crippen molar-refractivity contribution in [2.45, 2.75) is 90.0 Å². The molecule has 1 aliphatic carbocycles. The van der Waals surface area contributed by atoms with Crippen LogP contribution in [0.2, 0.25) is 0 Å². The van der Waals surface area contributed by atoms with Crippen LogP contribution in [-0.2, 0) is 32.3 Å². The lowest BCUT2D eigenvalue weighted by Gasteiger charge is -2.33. The molecule has 1 atom stereocenters. The predicted octanol–water partition coefficient (Wildman–Crippen LogP) is 5.82. The first-order valence-electron chi connectivity index (χ1n) is 14.1. The van der Waals surface area contributed by atoms with Crippen LogP contribution in [0.4, 0.5) is 18.9 Å². The molecule has 0 radical (unpaired) electrons. The van der Waals surface area contributed by atoms with Gasteiger partial charge in [0, 0.05) is 25.6 Å². The fourth-order valence-corrected chi connectivity index (χ4v) is 6.23. The van der Waals surface area contributed by atoms with Crippen LogP contribution in [0, 0.1) is 6.92 Å². The first-order chi connectivity index (χ1) is 19.3. The van der Waals surface area contributed by atoms with E-state index in [0.29, 0.717) is 6.42 Å². The van der Waals surface area contributed by atoms with E-state index in [1.165, 1.54) is 6.07 Å². The Labute approximate surface area is 241 Å². The molecule has 226 valence electrons. The number of benzene rings is 2. The molecular weight excluding hydrogens is 555 g/mol. The number of hydrogen-bond donors (Lipinski definition) is 1. The largest absolute Gasteiger partial charge is 0.416 e. The van der Waals surface area contributed by atoms with Gasteiger partial charge in [-0.3, -0.25) is 13.9 Å². The van der Waals surface area contributed by atoms with E-state index in [0.717, 1.165) is 72.0 Å². The third-order valence-corrected chi connectivity index (χ3v) is 8.75. The fourth-order valence-electron chi connectivity index (χ4n) is 5.28. The molecule has 3 rings (SSSR count). The minimum absolute atomic E-state index is 0.0626. The molecule has 0 spiro atoms. The number of nitrogens with zero attached hydrogens (tertiary/aromatic N) is 2. The molecule has 2 amide bonds. The van der Waals surface area contributed by atoms with Crippen molar-refractivity contribution < 1.29 is 31.2 Å². The second kappa shape index (κ2) is 14.2. The summed E-state index contributed by atoms with van der Waals surface area (Å²) in [4.78, 5) is 28.6. The molecule has 2 aromatic carbocycles. The Hall–Kier alpha value is -3.08. The third kappa shape index (κ3) is 9.21. The fraction of sp³-hybridized carbons (Fsp3) is 0.533. The zero-order chi connectivity index (χ0) is 30.2. The van der Waals surface area contributed by atoms with Crippen molar-refractivity contribution in [1.82, 2.24) is 10.2 Å². The molecule has 1 saturated carbocycles. The molecule has 0 saturated heterocycles. The number of nitrogens with one attached hydrogen (secondary N) is 1. The molecule has 41 heavy (non-hydrogen) atoms. The predicted molar refractivity (Wildman–Crippen MR) is 154 cm³/mol. The number of alkyl halides is 3. The van der Waals surface area contributed by atoms with E-state index in [2.05, 4.69) is 5.32 Å². The number of halogens is 3. The third-order valence-electron chi connectivity index (χ3n) is 7.55. The topological polar surface area (TPSA) is 86.8 Å². The summed E-state index contributed by atoms with van der Waals surface area (Å²) >= 11 is 0. The van der Waals surface area contributed by atoms with Gasteiger partial charge in [0.1, 0.15) is 6.04 Å². The molecule has 7 nitrogen and oxygen atoms in total. The highest BCUT2D eigenvalue weighted by molar-refractivity contribution is 7.92. The van der Waals surface area contributed by atoms with Crippen LogP contribution < -0.4 is 9.62 Å². The summed E-state index contributed by atoms with van der Waals surface area (Å²) in [7, 11) is -3.93. The first-order valence-corrected chi connectivity index (χ1v) is 16.0. The van der Waals surface area contributed by atoms with Crippen molar-refractivity contribution in [1.29, 1.82) is 0 Å². The Balaban J connectivity index is 1.79. The van der Waals surface area contributed by atoms with Crippen molar-refractivity contribution in [2.75, 3.05) is 17.1 Å². The summed E-state index contributed by atoms with van der Waals surface area (Å²) in [5, 5.41) is 3.13. The Morgan fingerprint density at radius 3 is 2.34 bits per heavy atom. The molecule has 2 aromatic rings. The van der Waals surface area contributed by atoms with Gasteiger partial charge in [-0.05, 0) is 61.9 Å². The maximum atomic E-state index is 13.6. The molecule has 1 unspecified atom stereocenters. The van der Waals surface area contributed by atoms with E-state index < -0.39 is 27.8 Å². The average Bonchev–Trinajstić information content (AvgIpc) is 2.91. The minimum Gasteiger partial charge on any atom is -0.352 e. The Morgan fingerprint density at radius 1 is 1.05 bits per heavy atom. The highest BCUT2D eigenvalue weighted by atomic mass is 32.2. The van der Waals surface area contributed by atoms with Crippen molar-refractivity contribution in [3.63, 3.8) is 0 Å². The Bertz CT molecular complexity index is 1290. The van der Waals surface area contributed by atoms with Gasteiger partial charge < -0.3 is 10.2 Å². The zero-order valence-corrected chi connectivity index (χ0v) is 24.7. The van der Waals surface area contributed by atoms with Crippen LogP contribution in [0.15, 0.2) is 48.5 Å². The number of carbonyl (C=O) groups excluding carboxylic acids is 2. The number of amides is 2. The van der Waals surface area contributed by atoms with Gasteiger partial charge >= 0.3 is 6.18 Å². The van der Waals surface area contributed by atoms with Crippen LogP contribution >= 0.6 is 0 Å². The molecule has 0 aromatic heterocycles. The summed E-state index contributed by atoms with van der Waals surface area (Å²) in [5.74, 6) is -0.528. The number of rotatable bonds is 12. The molecule has 1 fully saturated rings. The number of carbonyl (C=O) groups is 2. The lowest BCUT2D eigenvalue weighted by molar-refractivity contribution is -0.141. The van der Waals surface area contributed by atoms with Crippen LogP contribution in [-0.4, -0.2) is 50.0 Å². The molecule has 11 heteroatoms. The SMILES string of the molecule is CCC(C(=O)NC1CCCCC1)N(Cc1ccccc1C)C(=O)CCCN(c1cccc(C(F)(F)F)c1)S(C)(=O)=O. The zero-order valence-electron chi connectivity index (χ0n) is 23.9. The van der Waals surface area contributed by atoms with Crippen molar-refractivity contribution in [2.24, 2.45) is 0 Å². The summed E-state index contributed by atoms with van der Waals surface area (Å²) < 4.78 is 65.7. The second-order valence-corrected chi connectivity index (χ2v) is 12.6. The normalized spacial score (nSPS) is 15.3. The van der Waals surface area contributed by atoms with Gasteiger partial charge in [0.05, 0.1) is 17.5 Å². The van der Waals surface area contributed by atoms with Crippen molar-refractivity contribution in [3.8, 4) is 0 Å². The van der Waals surface area contributed by atoms with E-state index in [4.69, 9.17) is 0 Å². The summed E-state index contributed by atoms with van der Waals surface area (Å²) in [6.45, 7) is 3.81. The summed E-state index contributed by atoms with van der Waals surface area (Å²) in [6, 6.07) is 11.1. The smallest absolute Gasteiger partial charge is 0.352 e. The van der Waals surface area contributed by atoms with Gasteiger partial charge in [-0.1, -0.05) is 56.5 Å². The van der Waals surface area contributed by atoms with Crippen LogP contribution in [0.3, 0.4) is 0 Å². The lowest BCUT2D eigenvalue weighted by Crippen LogP contribution is -2.51. The lowest BCUT2D eigenvalue weighted by atomic mass is 9.95. The van der Waals surface area contributed by atoms with Crippen molar-refractivity contribution in [3.05, 3.63) is 65.2 Å². The van der Waals surface area contributed by atoms with E-state index >= 15 is 0 Å². The van der Waals surface area contributed by atoms with Crippen molar-refractivity contribution >= 4 is 27.5 Å². The van der Waals surface area contributed by atoms with Gasteiger partial charge in [0.2, 0.25) is 21.8 Å². The highest BCUT2D eigenvalue weighted by Crippen LogP contribution is 2.32.